The molecule has 1 aromatic heterocycles. The smallest absolute Gasteiger partial charge is 0.146 e. The van der Waals surface area contributed by atoms with Crippen LogP contribution in [0.1, 0.15) is 17.2 Å². The molecule has 94 valence electrons. The van der Waals surface area contributed by atoms with E-state index < -0.39 is 6.04 Å². The third-order valence-electron chi connectivity index (χ3n) is 3.27. The highest BCUT2D eigenvalue weighted by Crippen LogP contribution is 2.24. The number of benzene rings is 2. The molecule has 1 heterocycles. The minimum atomic E-state index is -0.479. The first-order chi connectivity index (χ1) is 9.25. The number of nitrogens with zero attached hydrogens (tertiary/aromatic N) is 1. The molecule has 2 aromatic carbocycles. The molecule has 0 amide bonds. The molecule has 0 aliphatic rings. The molecule has 0 saturated carbocycles. The molecule has 0 aliphatic heterocycles. The average molecular weight is 252 g/mol. The van der Waals surface area contributed by atoms with E-state index in [0.29, 0.717) is 5.56 Å². The lowest BCUT2D eigenvalue weighted by Crippen LogP contribution is -2.13. The van der Waals surface area contributed by atoms with Crippen molar-refractivity contribution in [1.82, 2.24) is 4.98 Å². The molecule has 0 radical (unpaired) electrons. The van der Waals surface area contributed by atoms with Crippen LogP contribution in [-0.4, -0.2) is 4.98 Å². The Balaban J connectivity index is 2.07. The molecular formula is C16H13FN2. The molecule has 0 saturated heterocycles. The van der Waals surface area contributed by atoms with E-state index in [1.54, 1.807) is 12.3 Å². The molecule has 1 atom stereocenters. The summed E-state index contributed by atoms with van der Waals surface area (Å²) in [4.78, 5) is 3.74. The van der Waals surface area contributed by atoms with E-state index in [2.05, 4.69) is 4.98 Å². The van der Waals surface area contributed by atoms with Gasteiger partial charge in [0.15, 0.2) is 0 Å². The summed E-state index contributed by atoms with van der Waals surface area (Å²) in [5, 5.41) is 2.25. The van der Waals surface area contributed by atoms with E-state index in [9.17, 15) is 4.39 Å². The number of rotatable bonds is 2. The van der Waals surface area contributed by atoms with Gasteiger partial charge in [-0.05, 0) is 28.5 Å². The fraction of sp³-hybridized carbons (Fsp3) is 0.0625. The van der Waals surface area contributed by atoms with Gasteiger partial charge in [0.05, 0.1) is 12.2 Å². The van der Waals surface area contributed by atoms with Gasteiger partial charge < -0.3 is 5.73 Å². The Labute approximate surface area is 110 Å². The highest BCUT2D eigenvalue weighted by molar-refractivity contribution is 5.83. The van der Waals surface area contributed by atoms with Crippen LogP contribution in [0.5, 0.6) is 0 Å². The largest absolute Gasteiger partial charge is 0.320 e. The fourth-order valence-electron chi connectivity index (χ4n) is 2.22. The van der Waals surface area contributed by atoms with Crippen molar-refractivity contribution in [2.45, 2.75) is 6.04 Å². The number of pyridine rings is 1. The minimum absolute atomic E-state index is 0.372. The Kier molecular flexibility index (Phi) is 2.97. The zero-order valence-electron chi connectivity index (χ0n) is 10.3. The van der Waals surface area contributed by atoms with Crippen LogP contribution in [0.2, 0.25) is 0 Å². The van der Waals surface area contributed by atoms with E-state index >= 15 is 0 Å². The van der Waals surface area contributed by atoms with Gasteiger partial charge in [0, 0.05) is 11.8 Å². The van der Waals surface area contributed by atoms with Crippen molar-refractivity contribution in [1.29, 1.82) is 0 Å². The first-order valence-electron chi connectivity index (χ1n) is 6.09. The fourth-order valence-corrected chi connectivity index (χ4v) is 2.22. The van der Waals surface area contributed by atoms with Crippen LogP contribution >= 0.6 is 0 Å². The number of fused-ring (bicyclic) bond motifs is 1. The quantitative estimate of drug-likeness (QED) is 0.759. The second-order valence-corrected chi connectivity index (χ2v) is 4.48. The molecule has 0 spiro atoms. The van der Waals surface area contributed by atoms with Crippen molar-refractivity contribution in [2.24, 2.45) is 5.73 Å². The Morgan fingerprint density at radius 2 is 1.79 bits per heavy atom. The van der Waals surface area contributed by atoms with Gasteiger partial charge in [0.2, 0.25) is 0 Å². The van der Waals surface area contributed by atoms with Crippen molar-refractivity contribution in [3.8, 4) is 0 Å². The maximum absolute atomic E-state index is 13.7. The highest BCUT2D eigenvalue weighted by atomic mass is 19.1. The van der Waals surface area contributed by atoms with Gasteiger partial charge in [-0.25, -0.2) is 4.39 Å². The van der Waals surface area contributed by atoms with Gasteiger partial charge >= 0.3 is 0 Å². The lowest BCUT2D eigenvalue weighted by atomic mass is 9.97. The summed E-state index contributed by atoms with van der Waals surface area (Å²) < 4.78 is 13.7. The van der Waals surface area contributed by atoms with E-state index in [0.717, 1.165) is 16.3 Å². The molecule has 0 bridgehead atoms. The van der Waals surface area contributed by atoms with E-state index in [4.69, 9.17) is 5.73 Å². The zero-order chi connectivity index (χ0) is 13.2. The third kappa shape index (κ3) is 2.20. The highest BCUT2D eigenvalue weighted by Gasteiger charge is 2.13. The molecule has 3 aromatic rings. The number of hydrogen-bond acceptors (Lipinski definition) is 2. The van der Waals surface area contributed by atoms with Crippen LogP contribution in [0.15, 0.2) is 60.9 Å². The predicted molar refractivity (Wildman–Crippen MR) is 74.2 cm³/mol. The van der Waals surface area contributed by atoms with Gasteiger partial charge in [-0.3, -0.25) is 4.98 Å². The summed E-state index contributed by atoms with van der Waals surface area (Å²) in [6, 6.07) is 15.1. The van der Waals surface area contributed by atoms with Gasteiger partial charge in [0.25, 0.3) is 0 Å². The Morgan fingerprint density at radius 1 is 1.00 bits per heavy atom. The maximum atomic E-state index is 13.7. The van der Waals surface area contributed by atoms with E-state index in [-0.39, 0.29) is 5.82 Å². The normalized spacial score (nSPS) is 12.5. The molecule has 0 aliphatic carbocycles. The lowest BCUT2D eigenvalue weighted by molar-refractivity contribution is 0.593. The van der Waals surface area contributed by atoms with Gasteiger partial charge in [-0.15, -0.1) is 0 Å². The number of hydrogen-bond donors (Lipinski definition) is 1. The van der Waals surface area contributed by atoms with Crippen molar-refractivity contribution in [2.75, 3.05) is 0 Å². The van der Waals surface area contributed by atoms with Crippen LogP contribution in [0, 0.1) is 5.82 Å². The molecule has 19 heavy (non-hydrogen) atoms. The van der Waals surface area contributed by atoms with Crippen molar-refractivity contribution < 1.29 is 4.39 Å². The number of aromatic nitrogens is 1. The summed E-state index contributed by atoms with van der Waals surface area (Å²) >= 11 is 0. The SMILES string of the molecule is NC(c1ccc2ccccc2c1)c1ccncc1F. The molecule has 2 nitrogen and oxygen atoms in total. The van der Waals surface area contributed by atoms with Crippen LogP contribution in [0.25, 0.3) is 10.8 Å². The van der Waals surface area contributed by atoms with Crippen molar-refractivity contribution in [3.05, 3.63) is 77.9 Å². The monoisotopic (exact) mass is 252 g/mol. The van der Waals surface area contributed by atoms with Crippen LogP contribution in [-0.2, 0) is 0 Å². The molecule has 0 fully saturated rings. The van der Waals surface area contributed by atoms with Crippen molar-refractivity contribution >= 4 is 10.8 Å². The van der Waals surface area contributed by atoms with Crippen LogP contribution in [0.4, 0.5) is 4.39 Å². The van der Waals surface area contributed by atoms with Gasteiger partial charge in [-0.1, -0.05) is 36.4 Å². The number of nitrogens with two attached hydrogens (primary N) is 1. The summed E-state index contributed by atoms with van der Waals surface area (Å²) in [6.07, 6.45) is 2.75. The first-order valence-corrected chi connectivity index (χ1v) is 6.09. The predicted octanol–water partition coefficient (Wildman–Crippen LogP) is 3.42. The maximum Gasteiger partial charge on any atom is 0.146 e. The van der Waals surface area contributed by atoms with Crippen LogP contribution in [0.3, 0.4) is 0 Å². The summed E-state index contributed by atoms with van der Waals surface area (Å²) in [6.45, 7) is 0. The summed E-state index contributed by atoms with van der Waals surface area (Å²) in [5.74, 6) is -0.372. The topological polar surface area (TPSA) is 38.9 Å². The molecule has 3 rings (SSSR count). The Morgan fingerprint density at radius 3 is 2.58 bits per heavy atom. The lowest BCUT2D eigenvalue weighted by Gasteiger charge is -2.13. The van der Waals surface area contributed by atoms with Crippen LogP contribution < -0.4 is 5.73 Å². The second kappa shape index (κ2) is 4.78. The van der Waals surface area contributed by atoms with E-state index in [1.165, 1.54) is 6.20 Å². The first kappa shape index (κ1) is 11.8. The third-order valence-corrected chi connectivity index (χ3v) is 3.27. The molecule has 1 unspecified atom stereocenters. The molecular weight excluding hydrogens is 239 g/mol. The van der Waals surface area contributed by atoms with Gasteiger partial charge in [-0.2, -0.15) is 0 Å². The average Bonchev–Trinajstić information content (AvgIpc) is 2.46. The Bertz CT molecular complexity index is 725. The zero-order valence-corrected chi connectivity index (χ0v) is 10.3. The minimum Gasteiger partial charge on any atom is -0.320 e. The molecule has 2 N–H and O–H groups in total. The van der Waals surface area contributed by atoms with E-state index in [1.807, 2.05) is 42.5 Å². The molecule has 3 heteroatoms. The standard InChI is InChI=1S/C16H13FN2/c17-15-10-19-8-7-14(15)16(18)13-6-5-11-3-1-2-4-12(11)9-13/h1-10,16H,18H2. The van der Waals surface area contributed by atoms with Crippen molar-refractivity contribution in [3.63, 3.8) is 0 Å². The summed E-state index contributed by atoms with van der Waals surface area (Å²) in [7, 11) is 0. The van der Waals surface area contributed by atoms with Gasteiger partial charge in [0.1, 0.15) is 5.82 Å². The Hall–Kier alpha value is -2.26. The number of halogens is 1. The second-order valence-electron chi connectivity index (χ2n) is 4.48. The summed E-state index contributed by atoms with van der Waals surface area (Å²) in [5.41, 5.74) is 7.50.